The van der Waals surface area contributed by atoms with E-state index in [0.717, 1.165) is 11.5 Å². The summed E-state index contributed by atoms with van der Waals surface area (Å²) in [5.41, 5.74) is 2.32. The van der Waals surface area contributed by atoms with Crippen LogP contribution >= 0.6 is 0 Å². The zero-order valence-corrected chi connectivity index (χ0v) is 9.99. The van der Waals surface area contributed by atoms with Crippen LogP contribution in [0.15, 0.2) is 24.3 Å². The van der Waals surface area contributed by atoms with Gasteiger partial charge in [0.1, 0.15) is 0 Å². The lowest BCUT2D eigenvalue weighted by atomic mass is 10.1. The number of nitrogens with one attached hydrogen (secondary N) is 1. The van der Waals surface area contributed by atoms with Gasteiger partial charge in [-0.15, -0.1) is 0 Å². The monoisotopic (exact) mass is 217 g/mol. The first kappa shape index (κ1) is 11.2. The average Bonchev–Trinajstić information content (AvgIpc) is 3.04. The molecule has 2 nitrogen and oxygen atoms in total. The Balaban J connectivity index is 1.84. The molecule has 0 spiro atoms. The lowest BCUT2D eigenvalue weighted by molar-refractivity contribution is -0.121. The summed E-state index contributed by atoms with van der Waals surface area (Å²) in [6.07, 6.45) is 3.04. The van der Waals surface area contributed by atoms with E-state index in [2.05, 4.69) is 19.2 Å². The highest BCUT2D eigenvalue weighted by Gasteiger charge is 2.28. The van der Waals surface area contributed by atoms with E-state index in [0.29, 0.717) is 12.5 Å². The van der Waals surface area contributed by atoms with Gasteiger partial charge < -0.3 is 5.32 Å². The number of hydrogen-bond donors (Lipinski definition) is 1. The molecule has 0 radical (unpaired) electrons. The van der Waals surface area contributed by atoms with Crippen molar-refractivity contribution < 1.29 is 4.79 Å². The largest absolute Gasteiger partial charge is 0.353 e. The summed E-state index contributed by atoms with van der Waals surface area (Å²) in [5.74, 6) is 0.866. The Morgan fingerprint density at radius 1 is 1.38 bits per heavy atom. The first-order chi connectivity index (χ1) is 7.65. The molecule has 2 heteroatoms. The van der Waals surface area contributed by atoms with Crippen molar-refractivity contribution in [2.75, 3.05) is 0 Å². The van der Waals surface area contributed by atoms with E-state index in [1.165, 1.54) is 18.4 Å². The smallest absolute Gasteiger partial charge is 0.224 e. The second kappa shape index (κ2) is 4.69. The van der Waals surface area contributed by atoms with Gasteiger partial charge in [0.25, 0.3) is 0 Å². The van der Waals surface area contributed by atoms with Crippen LogP contribution in [0.1, 0.15) is 30.9 Å². The number of carbonyl (C=O) groups is 1. The molecule has 1 aromatic carbocycles. The molecule has 1 atom stereocenters. The van der Waals surface area contributed by atoms with Crippen molar-refractivity contribution in [3.8, 4) is 0 Å². The lowest BCUT2D eigenvalue weighted by Crippen LogP contribution is -2.35. The molecule has 1 amide bonds. The molecule has 1 fully saturated rings. The Bertz CT molecular complexity index is 365. The van der Waals surface area contributed by atoms with Crippen molar-refractivity contribution in [2.45, 2.75) is 39.2 Å². The van der Waals surface area contributed by atoms with Gasteiger partial charge in [-0.25, -0.2) is 0 Å². The van der Waals surface area contributed by atoms with Crippen LogP contribution in [0.5, 0.6) is 0 Å². The number of benzene rings is 1. The highest BCUT2D eigenvalue weighted by atomic mass is 16.1. The van der Waals surface area contributed by atoms with Gasteiger partial charge in [-0.3, -0.25) is 4.79 Å². The van der Waals surface area contributed by atoms with Crippen molar-refractivity contribution in [3.05, 3.63) is 35.4 Å². The minimum atomic E-state index is 0.142. The Morgan fingerprint density at radius 2 is 2.00 bits per heavy atom. The van der Waals surface area contributed by atoms with Gasteiger partial charge in [-0.05, 0) is 38.2 Å². The first-order valence-corrected chi connectivity index (χ1v) is 6.00. The van der Waals surface area contributed by atoms with Crippen LogP contribution in [0.25, 0.3) is 0 Å². The number of hydrogen-bond acceptors (Lipinski definition) is 1. The molecule has 0 aromatic heterocycles. The summed E-state index contributed by atoms with van der Waals surface area (Å²) in [4.78, 5) is 11.7. The summed E-state index contributed by atoms with van der Waals surface area (Å²) in [7, 11) is 0. The molecule has 1 aliphatic rings. The van der Waals surface area contributed by atoms with Crippen molar-refractivity contribution >= 4 is 5.91 Å². The van der Waals surface area contributed by atoms with Gasteiger partial charge in [-0.2, -0.15) is 0 Å². The number of aryl methyl sites for hydroxylation is 1. The molecule has 1 N–H and O–H groups in total. The maximum Gasteiger partial charge on any atom is 0.224 e. The lowest BCUT2D eigenvalue weighted by Gasteiger charge is -2.12. The highest BCUT2D eigenvalue weighted by molar-refractivity contribution is 5.78. The predicted molar refractivity (Wildman–Crippen MR) is 65.2 cm³/mol. The number of rotatable bonds is 4. The van der Waals surface area contributed by atoms with Crippen molar-refractivity contribution in [2.24, 2.45) is 5.92 Å². The van der Waals surface area contributed by atoms with Crippen molar-refractivity contribution in [1.29, 1.82) is 0 Å². The van der Waals surface area contributed by atoms with E-state index in [9.17, 15) is 4.79 Å². The van der Waals surface area contributed by atoms with Crippen molar-refractivity contribution in [3.63, 3.8) is 0 Å². The topological polar surface area (TPSA) is 29.1 Å². The van der Waals surface area contributed by atoms with Gasteiger partial charge in [0, 0.05) is 6.04 Å². The Morgan fingerprint density at radius 3 is 2.56 bits per heavy atom. The van der Waals surface area contributed by atoms with E-state index >= 15 is 0 Å². The minimum Gasteiger partial charge on any atom is -0.353 e. The molecule has 1 aromatic rings. The van der Waals surface area contributed by atoms with E-state index in [-0.39, 0.29) is 5.91 Å². The third-order valence-electron chi connectivity index (χ3n) is 3.20. The van der Waals surface area contributed by atoms with Crippen LogP contribution in [-0.4, -0.2) is 11.9 Å². The predicted octanol–water partition coefficient (Wildman–Crippen LogP) is 2.45. The highest BCUT2D eigenvalue weighted by Crippen LogP contribution is 2.32. The normalized spacial score (nSPS) is 16.9. The Labute approximate surface area is 97.1 Å². The molecular weight excluding hydrogens is 198 g/mol. The third kappa shape index (κ3) is 3.09. The van der Waals surface area contributed by atoms with E-state index in [1.54, 1.807) is 0 Å². The third-order valence-corrected chi connectivity index (χ3v) is 3.20. The Hall–Kier alpha value is -1.31. The second-order valence-corrected chi connectivity index (χ2v) is 4.86. The summed E-state index contributed by atoms with van der Waals surface area (Å²) < 4.78 is 0. The molecule has 0 aliphatic heterocycles. The molecule has 0 heterocycles. The standard InChI is InChI=1S/C14H19NO/c1-10-3-5-12(6-4-10)9-14(16)15-11(2)13-7-8-13/h3-6,11,13H,7-9H2,1-2H3,(H,15,16). The fourth-order valence-corrected chi connectivity index (χ4v) is 1.91. The maximum absolute atomic E-state index is 11.7. The van der Waals surface area contributed by atoms with Gasteiger partial charge in [-0.1, -0.05) is 29.8 Å². The zero-order valence-electron chi connectivity index (χ0n) is 9.99. The van der Waals surface area contributed by atoms with Crippen molar-refractivity contribution in [1.82, 2.24) is 5.32 Å². The molecule has 2 rings (SSSR count). The molecular formula is C14H19NO. The van der Waals surface area contributed by atoms with Gasteiger partial charge >= 0.3 is 0 Å². The molecule has 86 valence electrons. The van der Waals surface area contributed by atoms with Gasteiger partial charge in [0.15, 0.2) is 0 Å². The van der Waals surface area contributed by atoms with Crippen LogP contribution in [0.2, 0.25) is 0 Å². The maximum atomic E-state index is 11.7. The Kier molecular flexibility index (Phi) is 3.28. The first-order valence-electron chi connectivity index (χ1n) is 6.00. The molecule has 0 saturated heterocycles. The number of carbonyl (C=O) groups excluding carboxylic acids is 1. The summed E-state index contributed by atoms with van der Waals surface area (Å²) >= 11 is 0. The van der Waals surface area contributed by atoms with E-state index < -0.39 is 0 Å². The molecule has 0 bridgehead atoms. The summed E-state index contributed by atoms with van der Waals surface area (Å²) in [6.45, 7) is 4.16. The summed E-state index contributed by atoms with van der Waals surface area (Å²) in [5, 5.41) is 3.07. The van der Waals surface area contributed by atoms with Crippen LogP contribution in [0.3, 0.4) is 0 Å². The number of amides is 1. The molecule has 1 aliphatic carbocycles. The molecule has 1 saturated carbocycles. The van der Waals surface area contributed by atoms with Crippen LogP contribution in [0, 0.1) is 12.8 Å². The SMILES string of the molecule is Cc1ccc(CC(=O)NC(C)C2CC2)cc1. The summed E-state index contributed by atoms with van der Waals surface area (Å²) in [6, 6.07) is 8.49. The van der Waals surface area contributed by atoms with Gasteiger partial charge in [0.2, 0.25) is 5.91 Å². The second-order valence-electron chi connectivity index (χ2n) is 4.86. The minimum absolute atomic E-state index is 0.142. The fourth-order valence-electron chi connectivity index (χ4n) is 1.91. The quantitative estimate of drug-likeness (QED) is 0.824. The fraction of sp³-hybridized carbons (Fsp3) is 0.500. The van der Waals surface area contributed by atoms with Gasteiger partial charge in [0.05, 0.1) is 6.42 Å². The molecule has 16 heavy (non-hydrogen) atoms. The van der Waals surface area contributed by atoms with E-state index in [1.807, 2.05) is 24.3 Å². The van der Waals surface area contributed by atoms with Crippen LogP contribution in [0.4, 0.5) is 0 Å². The average molecular weight is 217 g/mol. The van der Waals surface area contributed by atoms with E-state index in [4.69, 9.17) is 0 Å². The molecule has 1 unspecified atom stereocenters. The van der Waals surface area contributed by atoms with Crippen LogP contribution in [-0.2, 0) is 11.2 Å². The zero-order chi connectivity index (χ0) is 11.5. The van der Waals surface area contributed by atoms with Crippen LogP contribution < -0.4 is 5.32 Å².